The monoisotopic (exact) mass is 271 g/mol. The molecular formula is C12H17NO4S. The molecule has 0 aliphatic heterocycles. The van der Waals surface area contributed by atoms with E-state index in [1.807, 2.05) is 32.0 Å². The van der Waals surface area contributed by atoms with E-state index in [1.165, 1.54) is 0 Å². The first kappa shape index (κ1) is 14.7. The van der Waals surface area contributed by atoms with Gasteiger partial charge in [0.1, 0.15) is 0 Å². The Bertz CT molecular complexity index is 551. The van der Waals surface area contributed by atoms with Gasteiger partial charge in [-0.3, -0.25) is 4.79 Å². The Kier molecular flexibility index (Phi) is 4.48. The Labute approximate surface area is 107 Å². The topological polar surface area (TPSA) is 83.5 Å². The highest BCUT2D eigenvalue weighted by atomic mass is 32.2. The summed E-state index contributed by atoms with van der Waals surface area (Å²) in [4.78, 5) is 10.4. The zero-order valence-electron chi connectivity index (χ0n) is 10.6. The number of aliphatic carboxylic acids is 1. The first-order chi connectivity index (χ1) is 8.21. The third-order valence-corrected chi connectivity index (χ3v) is 3.90. The molecule has 6 heteroatoms. The number of sulfonamides is 1. The van der Waals surface area contributed by atoms with Crippen molar-refractivity contribution in [2.75, 3.05) is 5.75 Å². The number of carboxylic acid groups (broad SMARTS) is 1. The minimum absolute atomic E-state index is 0.449. The van der Waals surface area contributed by atoms with Crippen molar-refractivity contribution in [3.8, 4) is 0 Å². The van der Waals surface area contributed by atoms with E-state index in [0.717, 1.165) is 16.7 Å². The molecular weight excluding hydrogens is 254 g/mol. The smallest absolute Gasteiger partial charge is 0.320 e. The average Bonchev–Trinajstić information content (AvgIpc) is 2.13. The van der Waals surface area contributed by atoms with Gasteiger partial charge in [-0.1, -0.05) is 23.8 Å². The van der Waals surface area contributed by atoms with Crippen LogP contribution in [0.1, 0.15) is 29.7 Å². The molecule has 0 spiro atoms. The van der Waals surface area contributed by atoms with Crippen molar-refractivity contribution in [2.45, 2.75) is 26.8 Å². The quantitative estimate of drug-likeness (QED) is 0.847. The molecule has 1 unspecified atom stereocenters. The molecule has 2 N–H and O–H groups in total. The number of benzene rings is 1. The normalized spacial score (nSPS) is 13.3. The summed E-state index contributed by atoms with van der Waals surface area (Å²) >= 11 is 0. The Hall–Kier alpha value is -1.40. The Balaban J connectivity index is 2.89. The number of hydrogen-bond acceptors (Lipinski definition) is 3. The van der Waals surface area contributed by atoms with E-state index in [1.54, 1.807) is 6.92 Å². The summed E-state index contributed by atoms with van der Waals surface area (Å²) in [5, 5.41) is 8.50. The molecule has 5 nitrogen and oxygen atoms in total. The standard InChI is InChI=1S/C12H17NO4S/c1-8-4-5-11(9(2)6-8)10(3)13-18(16,17)7-12(14)15/h4-6,10,13H,7H2,1-3H3,(H,14,15). The van der Waals surface area contributed by atoms with E-state index in [0.29, 0.717) is 0 Å². The number of nitrogens with one attached hydrogen (secondary N) is 1. The van der Waals surface area contributed by atoms with E-state index < -0.39 is 27.8 Å². The fourth-order valence-electron chi connectivity index (χ4n) is 1.85. The highest BCUT2D eigenvalue weighted by Crippen LogP contribution is 2.19. The SMILES string of the molecule is Cc1ccc(C(C)NS(=O)(=O)CC(=O)O)c(C)c1. The molecule has 0 bridgehead atoms. The maximum absolute atomic E-state index is 11.5. The lowest BCUT2D eigenvalue weighted by atomic mass is 10.0. The molecule has 0 aromatic heterocycles. The van der Waals surface area contributed by atoms with Crippen LogP contribution >= 0.6 is 0 Å². The highest BCUT2D eigenvalue weighted by molar-refractivity contribution is 7.90. The summed E-state index contributed by atoms with van der Waals surface area (Å²) in [5.41, 5.74) is 2.91. The number of carboxylic acids is 1. The van der Waals surface area contributed by atoms with Crippen molar-refractivity contribution in [3.05, 3.63) is 34.9 Å². The van der Waals surface area contributed by atoms with Crippen molar-refractivity contribution < 1.29 is 18.3 Å². The number of hydrogen-bond donors (Lipinski definition) is 2. The molecule has 1 aromatic rings. The molecule has 100 valence electrons. The van der Waals surface area contributed by atoms with Crippen molar-refractivity contribution in [1.82, 2.24) is 4.72 Å². The molecule has 1 atom stereocenters. The molecule has 0 radical (unpaired) electrons. The third kappa shape index (κ3) is 4.12. The second-order valence-electron chi connectivity index (χ2n) is 4.35. The molecule has 18 heavy (non-hydrogen) atoms. The lowest BCUT2D eigenvalue weighted by Crippen LogP contribution is -2.32. The Morgan fingerprint density at radius 1 is 1.39 bits per heavy atom. The maximum Gasteiger partial charge on any atom is 0.320 e. The van der Waals surface area contributed by atoms with E-state index in [4.69, 9.17) is 5.11 Å². The molecule has 0 amide bonds. The van der Waals surface area contributed by atoms with E-state index in [2.05, 4.69) is 4.72 Å². The van der Waals surface area contributed by atoms with Gasteiger partial charge in [0.2, 0.25) is 10.0 Å². The number of rotatable bonds is 5. The summed E-state index contributed by atoms with van der Waals surface area (Å²) in [6, 6.07) is 5.25. The van der Waals surface area contributed by atoms with Crippen LogP contribution < -0.4 is 4.72 Å². The second-order valence-corrected chi connectivity index (χ2v) is 6.11. The van der Waals surface area contributed by atoms with Crippen molar-refractivity contribution in [3.63, 3.8) is 0 Å². The van der Waals surface area contributed by atoms with Crippen LogP contribution in [0.15, 0.2) is 18.2 Å². The summed E-state index contributed by atoms with van der Waals surface area (Å²) in [6.07, 6.45) is 0. The predicted molar refractivity (Wildman–Crippen MR) is 68.9 cm³/mol. The Morgan fingerprint density at radius 3 is 2.50 bits per heavy atom. The Morgan fingerprint density at radius 2 is 2.00 bits per heavy atom. The van der Waals surface area contributed by atoms with Gasteiger partial charge in [-0.25, -0.2) is 13.1 Å². The van der Waals surface area contributed by atoms with E-state index in [-0.39, 0.29) is 0 Å². The van der Waals surface area contributed by atoms with Gasteiger partial charge < -0.3 is 5.11 Å². The van der Waals surface area contributed by atoms with Crippen LogP contribution in [0.2, 0.25) is 0 Å². The van der Waals surface area contributed by atoms with E-state index in [9.17, 15) is 13.2 Å². The second kappa shape index (κ2) is 5.49. The molecule has 1 aromatic carbocycles. The summed E-state index contributed by atoms with van der Waals surface area (Å²) in [5.74, 6) is -2.28. The number of carbonyl (C=O) groups is 1. The van der Waals surface area contributed by atoms with Gasteiger partial charge in [-0.05, 0) is 31.9 Å². The molecule has 0 fully saturated rings. The van der Waals surface area contributed by atoms with E-state index >= 15 is 0 Å². The number of aryl methyl sites for hydroxylation is 2. The molecule has 0 saturated heterocycles. The van der Waals surface area contributed by atoms with Crippen LogP contribution in [0.4, 0.5) is 0 Å². The first-order valence-corrected chi connectivity index (χ1v) is 7.15. The molecule has 0 heterocycles. The van der Waals surface area contributed by atoms with Gasteiger partial charge in [0, 0.05) is 6.04 Å². The van der Waals surface area contributed by atoms with Gasteiger partial charge >= 0.3 is 5.97 Å². The minimum atomic E-state index is -3.80. The van der Waals surface area contributed by atoms with Crippen LogP contribution in [-0.4, -0.2) is 25.2 Å². The fourth-order valence-corrected chi connectivity index (χ4v) is 2.92. The maximum atomic E-state index is 11.5. The molecule has 0 saturated carbocycles. The molecule has 0 aliphatic rings. The van der Waals surface area contributed by atoms with Crippen molar-refractivity contribution >= 4 is 16.0 Å². The third-order valence-electron chi connectivity index (χ3n) is 2.56. The van der Waals surface area contributed by atoms with Crippen LogP contribution in [0.5, 0.6) is 0 Å². The van der Waals surface area contributed by atoms with Crippen LogP contribution in [0.3, 0.4) is 0 Å². The molecule has 1 rings (SSSR count). The summed E-state index contributed by atoms with van der Waals surface area (Å²) < 4.78 is 25.4. The lowest BCUT2D eigenvalue weighted by Gasteiger charge is -2.16. The van der Waals surface area contributed by atoms with Crippen LogP contribution in [0, 0.1) is 13.8 Å². The van der Waals surface area contributed by atoms with Gasteiger partial charge in [-0.15, -0.1) is 0 Å². The first-order valence-electron chi connectivity index (χ1n) is 5.50. The molecule has 0 aliphatic carbocycles. The van der Waals surface area contributed by atoms with Gasteiger partial charge in [-0.2, -0.15) is 0 Å². The van der Waals surface area contributed by atoms with Gasteiger partial charge in [0.15, 0.2) is 5.75 Å². The average molecular weight is 271 g/mol. The zero-order valence-corrected chi connectivity index (χ0v) is 11.4. The van der Waals surface area contributed by atoms with Gasteiger partial charge in [0.05, 0.1) is 0 Å². The van der Waals surface area contributed by atoms with Crippen molar-refractivity contribution in [2.24, 2.45) is 0 Å². The lowest BCUT2D eigenvalue weighted by molar-refractivity contribution is -0.134. The largest absolute Gasteiger partial charge is 0.480 e. The summed E-state index contributed by atoms with van der Waals surface area (Å²) in [6.45, 7) is 5.54. The van der Waals surface area contributed by atoms with Crippen LogP contribution in [-0.2, 0) is 14.8 Å². The van der Waals surface area contributed by atoms with Crippen molar-refractivity contribution in [1.29, 1.82) is 0 Å². The van der Waals surface area contributed by atoms with Crippen LogP contribution in [0.25, 0.3) is 0 Å². The predicted octanol–water partition coefficient (Wildman–Crippen LogP) is 1.37. The van der Waals surface area contributed by atoms with Gasteiger partial charge in [0.25, 0.3) is 0 Å². The minimum Gasteiger partial charge on any atom is -0.480 e. The zero-order chi connectivity index (χ0) is 13.9. The fraction of sp³-hybridized carbons (Fsp3) is 0.417. The highest BCUT2D eigenvalue weighted by Gasteiger charge is 2.20. The summed E-state index contributed by atoms with van der Waals surface area (Å²) in [7, 11) is -3.80.